The fourth-order valence-corrected chi connectivity index (χ4v) is 0.388. The largest absolute Gasteiger partial charge is 0.444 e. The van der Waals surface area contributed by atoms with Crippen molar-refractivity contribution in [3.05, 3.63) is 30.0 Å². The first-order chi connectivity index (χ1) is 3.93. The molecule has 0 fully saturated rings. The van der Waals surface area contributed by atoms with Gasteiger partial charge in [0.25, 0.3) is 5.55 Å². The molecule has 0 spiro atoms. The van der Waals surface area contributed by atoms with E-state index in [2.05, 4.69) is 9.57 Å². The van der Waals surface area contributed by atoms with Gasteiger partial charge < -0.3 is 9.62 Å². The van der Waals surface area contributed by atoms with Crippen LogP contribution in [0.2, 0.25) is 0 Å². The summed E-state index contributed by atoms with van der Waals surface area (Å²) in [6.45, 7) is 0. The summed E-state index contributed by atoms with van der Waals surface area (Å²) in [5.74, 6) is 0. The first-order valence-corrected chi connectivity index (χ1v) is 2.15. The summed E-state index contributed by atoms with van der Waals surface area (Å²) in [7, 11) is 0. The second kappa shape index (κ2) is 2.16. The van der Waals surface area contributed by atoms with Gasteiger partial charge in [-0.1, -0.05) is 6.07 Å². The van der Waals surface area contributed by atoms with Gasteiger partial charge in [0.2, 0.25) is 0 Å². The molecule has 0 amide bonds. The molecule has 0 unspecified atom stereocenters. The third-order valence-corrected chi connectivity index (χ3v) is 0.716. The Hall–Kier alpha value is -1.25. The van der Waals surface area contributed by atoms with Crippen molar-refractivity contribution >= 4 is 0 Å². The lowest BCUT2D eigenvalue weighted by Gasteiger charge is -1.77. The van der Waals surface area contributed by atoms with E-state index in [0.29, 0.717) is 0 Å². The highest BCUT2D eigenvalue weighted by Gasteiger charge is 1.73. The fraction of sp³-hybridized carbons (Fsp3) is 0. The maximum Gasteiger partial charge on any atom is 0.254 e. The number of hydrogen-bond donors (Lipinski definition) is 1. The topological polar surface area (TPSA) is 45.7 Å². The summed E-state index contributed by atoms with van der Waals surface area (Å²) in [6.07, 6.45) is 1.44. The molecule has 0 aliphatic carbocycles. The van der Waals surface area contributed by atoms with Crippen LogP contribution >= 0.6 is 0 Å². The summed E-state index contributed by atoms with van der Waals surface area (Å²) < 4.78 is 4.66. The zero-order valence-corrected chi connectivity index (χ0v) is 4.11. The van der Waals surface area contributed by atoms with Crippen LogP contribution in [-0.2, 0) is 0 Å². The van der Waals surface area contributed by atoms with Crippen LogP contribution in [0.4, 0.5) is 0 Å². The summed E-state index contributed by atoms with van der Waals surface area (Å²) in [5.41, 5.74) is 0.215. The Bertz CT molecular complexity index is 198. The van der Waals surface area contributed by atoms with Crippen molar-refractivity contribution in [2.75, 3.05) is 0 Å². The van der Waals surface area contributed by atoms with Crippen LogP contribution in [0.3, 0.4) is 0 Å². The summed E-state index contributed by atoms with van der Waals surface area (Å²) in [6, 6.07) is 4.98. The molecule has 3 nitrogen and oxygen atoms in total. The fourth-order valence-electron chi connectivity index (χ4n) is 0.388. The molecule has 1 rings (SSSR count). The highest BCUT2D eigenvalue weighted by Crippen LogP contribution is 1.73. The minimum Gasteiger partial charge on any atom is -0.444 e. The molecule has 0 bridgehead atoms. The van der Waals surface area contributed by atoms with Crippen LogP contribution < -0.4 is 5.55 Å². The normalized spacial score (nSPS) is 11.8. The van der Waals surface area contributed by atoms with Gasteiger partial charge in [0.1, 0.15) is 0 Å². The molecule has 0 radical (unpaired) electrons. The van der Waals surface area contributed by atoms with Gasteiger partial charge in [-0.3, -0.25) is 0 Å². The van der Waals surface area contributed by atoms with Crippen LogP contribution in [0.25, 0.3) is 0 Å². The lowest BCUT2D eigenvalue weighted by Crippen LogP contribution is -1.95. The quantitative estimate of drug-likeness (QED) is 0.393. The molecule has 0 atom stereocenters. The molecule has 1 aromatic rings. The summed E-state index contributed by atoms with van der Waals surface area (Å²) in [4.78, 5) is 0. The molecule has 0 aromatic carbocycles. The van der Waals surface area contributed by atoms with E-state index in [1.807, 2.05) is 0 Å². The van der Waals surface area contributed by atoms with Crippen LogP contribution in [-0.4, -0.2) is 5.21 Å². The van der Waals surface area contributed by atoms with E-state index >= 15 is 0 Å². The minimum atomic E-state index is 0.215. The van der Waals surface area contributed by atoms with Crippen LogP contribution in [0, 0.1) is 0 Å². The maximum atomic E-state index is 8.07. The van der Waals surface area contributed by atoms with E-state index in [0.717, 1.165) is 0 Å². The highest BCUT2D eigenvalue weighted by molar-refractivity contribution is 4.84. The van der Waals surface area contributed by atoms with Gasteiger partial charge >= 0.3 is 0 Å². The van der Waals surface area contributed by atoms with E-state index in [4.69, 9.17) is 5.21 Å². The van der Waals surface area contributed by atoms with Crippen molar-refractivity contribution in [1.29, 1.82) is 0 Å². The van der Waals surface area contributed by atoms with Crippen molar-refractivity contribution in [3.63, 3.8) is 0 Å². The Labute approximate surface area is 45.9 Å². The Morgan fingerprint density at radius 2 is 2.38 bits per heavy atom. The molecule has 0 aliphatic heterocycles. The zero-order valence-electron chi connectivity index (χ0n) is 4.11. The Morgan fingerprint density at radius 3 is 2.75 bits per heavy atom. The number of nitrogens with zero attached hydrogens (tertiary/aromatic N) is 1. The lowest BCUT2D eigenvalue weighted by atomic mass is 10.5. The van der Waals surface area contributed by atoms with Crippen molar-refractivity contribution < 1.29 is 9.62 Å². The number of hydrogen-bond acceptors (Lipinski definition) is 3. The Morgan fingerprint density at radius 1 is 1.50 bits per heavy atom. The van der Waals surface area contributed by atoms with Gasteiger partial charge in [-0.25, -0.2) is 0 Å². The van der Waals surface area contributed by atoms with Gasteiger partial charge in [-0.15, -0.1) is 0 Å². The average Bonchev–Trinajstić information content (AvgIpc) is 1.90. The second-order valence-electron chi connectivity index (χ2n) is 1.24. The molecule has 8 heavy (non-hydrogen) atoms. The highest BCUT2D eigenvalue weighted by atomic mass is 16.5. The first kappa shape index (κ1) is 4.90. The molecule has 1 heterocycles. The Balaban J connectivity index is 3.20. The van der Waals surface area contributed by atoms with E-state index in [1.54, 1.807) is 18.2 Å². The van der Waals surface area contributed by atoms with Crippen molar-refractivity contribution in [2.45, 2.75) is 0 Å². The molecule has 42 valence electrons. The van der Waals surface area contributed by atoms with Crippen LogP contribution in [0.1, 0.15) is 0 Å². The molecule has 3 heteroatoms. The zero-order chi connectivity index (χ0) is 5.82. The average molecular weight is 111 g/mol. The van der Waals surface area contributed by atoms with Gasteiger partial charge in [-0.05, 0) is 11.2 Å². The minimum absolute atomic E-state index is 0.215. The molecular weight excluding hydrogens is 106 g/mol. The van der Waals surface area contributed by atoms with Crippen molar-refractivity contribution in [3.8, 4) is 0 Å². The monoisotopic (exact) mass is 111 g/mol. The first-order valence-electron chi connectivity index (χ1n) is 2.15. The van der Waals surface area contributed by atoms with E-state index in [1.165, 1.54) is 6.26 Å². The Kier molecular flexibility index (Phi) is 1.32. The van der Waals surface area contributed by atoms with Crippen LogP contribution in [0.15, 0.2) is 34.0 Å². The molecule has 0 saturated heterocycles. The number of rotatable bonds is 0. The van der Waals surface area contributed by atoms with Gasteiger partial charge in [0.15, 0.2) is 0 Å². The second-order valence-corrected chi connectivity index (χ2v) is 1.24. The summed E-state index contributed by atoms with van der Waals surface area (Å²) >= 11 is 0. The SMILES string of the molecule is ON=c1cccco1. The van der Waals surface area contributed by atoms with E-state index < -0.39 is 0 Å². The van der Waals surface area contributed by atoms with Crippen molar-refractivity contribution in [1.82, 2.24) is 0 Å². The van der Waals surface area contributed by atoms with Gasteiger partial charge in [-0.2, -0.15) is 0 Å². The predicted octanol–water partition coefficient (Wildman–Crippen LogP) is 0.570. The molecule has 1 N–H and O–H groups in total. The summed E-state index contributed by atoms with van der Waals surface area (Å²) in [5, 5.41) is 10.9. The molecule has 0 saturated carbocycles. The lowest BCUT2D eigenvalue weighted by molar-refractivity contribution is 0.272. The predicted molar refractivity (Wildman–Crippen MR) is 26.1 cm³/mol. The molecular formula is C5H5NO2. The smallest absolute Gasteiger partial charge is 0.254 e. The standard InChI is InChI=1S/C5H5NO2/c7-6-5-3-1-2-4-8-5/h1-4,7H. The van der Waals surface area contributed by atoms with Gasteiger partial charge in [0, 0.05) is 6.07 Å². The van der Waals surface area contributed by atoms with Crippen LogP contribution in [0.5, 0.6) is 0 Å². The molecule has 1 aromatic heterocycles. The van der Waals surface area contributed by atoms with Crippen molar-refractivity contribution in [2.24, 2.45) is 5.16 Å². The molecule has 0 aliphatic rings. The van der Waals surface area contributed by atoms with Gasteiger partial charge in [0.05, 0.1) is 6.26 Å². The third-order valence-electron chi connectivity index (χ3n) is 0.716. The van der Waals surface area contributed by atoms with E-state index in [9.17, 15) is 0 Å². The van der Waals surface area contributed by atoms with E-state index in [-0.39, 0.29) is 5.55 Å². The maximum absolute atomic E-state index is 8.07. The third kappa shape index (κ3) is 0.872.